The third-order valence-corrected chi connectivity index (χ3v) is 11.5. The van der Waals surface area contributed by atoms with Crippen LogP contribution in [-0.4, -0.2) is 0 Å². The van der Waals surface area contributed by atoms with E-state index in [-0.39, 0.29) is 5.41 Å². The average molecular weight is 690 g/mol. The lowest BCUT2D eigenvalue weighted by molar-refractivity contribution is 0.660. The summed E-state index contributed by atoms with van der Waals surface area (Å²) in [5.74, 6) is 0. The van der Waals surface area contributed by atoms with Gasteiger partial charge in [0, 0.05) is 22.5 Å². The number of hydrogen-bond donors (Lipinski definition) is 0. The topological polar surface area (TPSA) is 3.24 Å². The summed E-state index contributed by atoms with van der Waals surface area (Å²) in [4.78, 5) is 2.38. The predicted octanol–water partition coefficient (Wildman–Crippen LogP) is 14.8. The minimum Gasteiger partial charge on any atom is -0.310 e. The largest absolute Gasteiger partial charge is 0.310 e. The Bertz CT molecular complexity index is 2840. The van der Waals surface area contributed by atoms with Crippen LogP contribution in [0, 0.1) is 0 Å². The van der Waals surface area contributed by atoms with Crippen molar-refractivity contribution in [3.05, 3.63) is 211 Å². The first-order chi connectivity index (χ1) is 26.5. The van der Waals surface area contributed by atoms with E-state index in [0.717, 1.165) is 17.1 Å². The first kappa shape index (κ1) is 32.0. The molecular weight excluding hydrogens is 651 g/mol. The fourth-order valence-corrected chi connectivity index (χ4v) is 8.59. The molecule has 0 amide bonds. The SMILES string of the molecule is CC1(C)c2ccccc2-c2ccc(-c3ccc(N(c4ccc(-c5cccc6ccccc56)cc4)c4cccc(-c5ccc6ccccc6c5)c4)cc3)cc21. The summed E-state index contributed by atoms with van der Waals surface area (Å²) in [5.41, 5.74) is 16.1. The van der Waals surface area contributed by atoms with Gasteiger partial charge in [-0.3, -0.25) is 0 Å². The van der Waals surface area contributed by atoms with Crippen molar-refractivity contribution in [1.82, 2.24) is 0 Å². The van der Waals surface area contributed by atoms with E-state index in [1.165, 1.54) is 77.2 Å². The molecule has 256 valence electrons. The molecule has 0 bridgehead atoms. The Labute approximate surface area is 317 Å². The van der Waals surface area contributed by atoms with Crippen LogP contribution >= 0.6 is 0 Å². The molecule has 9 aromatic rings. The summed E-state index contributed by atoms with van der Waals surface area (Å²) < 4.78 is 0. The van der Waals surface area contributed by atoms with Gasteiger partial charge in [-0.1, -0.05) is 166 Å². The van der Waals surface area contributed by atoms with E-state index < -0.39 is 0 Å². The lowest BCUT2D eigenvalue weighted by atomic mass is 9.81. The van der Waals surface area contributed by atoms with Gasteiger partial charge in [-0.25, -0.2) is 0 Å². The quantitative estimate of drug-likeness (QED) is 0.168. The fraction of sp³-hybridized carbons (Fsp3) is 0.0566. The molecular formula is C53H39N. The maximum atomic E-state index is 2.40. The van der Waals surface area contributed by atoms with Crippen LogP contribution in [0.3, 0.4) is 0 Å². The van der Waals surface area contributed by atoms with E-state index in [2.05, 4.69) is 219 Å². The van der Waals surface area contributed by atoms with Crippen LogP contribution in [0.25, 0.3) is 66.1 Å². The number of hydrogen-bond acceptors (Lipinski definition) is 1. The molecule has 0 fully saturated rings. The van der Waals surface area contributed by atoms with Crippen molar-refractivity contribution in [3.63, 3.8) is 0 Å². The Hall–Kier alpha value is -6.70. The van der Waals surface area contributed by atoms with Crippen molar-refractivity contribution in [2.75, 3.05) is 4.90 Å². The van der Waals surface area contributed by atoms with Crippen molar-refractivity contribution in [1.29, 1.82) is 0 Å². The second-order valence-corrected chi connectivity index (χ2v) is 15.0. The molecule has 54 heavy (non-hydrogen) atoms. The van der Waals surface area contributed by atoms with E-state index in [0.29, 0.717) is 0 Å². The van der Waals surface area contributed by atoms with Crippen molar-refractivity contribution < 1.29 is 0 Å². The summed E-state index contributed by atoms with van der Waals surface area (Å²) in [7, 11) is 0. The van der Waals surface area contributed by atoms with Crippen LogP contribution < -0.4 is 4.90 Å². The maximum Gasteiger partial charge on any atom is 0.0467 e. The van der Waals surface area contributed by atoms with Gasteiger partial charge in [-0.15, -0.1) is 0 Å². The molecule has 0 unspecified atom stereocenters. The minimum atomic E-state index is -0.0348. The van der Waals surface area contributed by atoms with Crippen LogP contribution in [0.1, 0.15) is 25.0 Å². The zero-order valence-electron chi connectivity index (χ0n) is 30.5. The molecule has 1 heteroatoms. The van der Waals surface area contributed by atoms with Gasteiger partial charge in [-0.2, -0.15) is 0 Å². The summed E-state index contributed by atoms with van der Waals surface area (Å²) in [6, 6.07) is 73.4. The van der Waals surface area contributed by atoms with E-state index >= 15 is 0 Å². The molecule has 0 aliphatic heterocycles. The number of anilines is 3. The molecule has 0 aromatic heterocycles. The maximum absolute atomic E-state index is 2.40. The van der Waals surface area contributed by atoms with Gasteiger partial charge >= 0.3 is 0 Å². The van der Waals surface area contributed by atoms with Crippen LogP contribution in [0.15, 0.2) is 200 Å². The third-order valence-electron chi connectivity index (χ3n) is 11.5. The standard InChI is InChI=1S/C53H39N/c1-53(2)51-20-8-7-18-49(51)50-32-27-43(35-52(50)53)37-23-28-44(29-24-37)54(45-30-25-39(26-31-45)48-19-10-14-38-12-5-6-17-47(38)48)46-16-9-15-41(34-46)42-22-21-36-11-3-4-13-40(36)33-42/h3-35H,1-2H3. The van der Waals surface area contributed by atoms with E-state index in [1.807, 2.05) is 0 Å². The number of rotatable bonds is 6. The Balaban J connectivity index is 1.05. The Morgan fingerprint density at radius 2 is 0.870 bits per heavy atom. The average Bonchev–Trinajstić information content (AvgIpc) is 3.46. The summed E-state index contributed by atoms with van der Waals surface area (Å²) in [6.45, 7) is 4.69. The smallest absolute Gasteiger partial charge is 0.0467 e. The van der Waals surface area contributed by atoms with Gasteiger partial charge in [0.1, 0.15) is 0 Å². The number of fused-ring (bicyclic) bond motifs is 5. The van der Waals surface area contributed by atoms with Crippen molar-refractivity contribution in [3.8, 4) is 44.5 Å². The number of benzene rings is 9. The van der Waals surface area contributed by atoms with Crippen molar-refractivity contribution in [2.45, 2.75) is 19.3 Å². The zero-order valence-corrected chi connectivity index (χ0v) is 30.5. The molecule has 1 aliphatic rings. The summed E-state index contributed by atoms with van der Waals surface area (Å²) in [6.07, 6.45) is 0. The molecule has 1 nitrogen and oxygen atoms in total. The Morgan fingerprint density at radius 1 is 0.315 bits per heavy atom. The highest BCUT2D eigenvalue weighted by molar-refractivity contribution is 5.97. The van der Waals surface area contributed by atoms with E-state index in [9.17, 15) is 0 Å². The lowest BCUT2D eigenvalue weighted by Crippen LogP contribution is -2.14. The Kier molecular flexibility index (Phi) is 7.56. The zero-order chi connectivity index (χ0) is 36.2. The molecule has 0 atom stereocenters. The highest BCUT2D eigenvalue weighted by Gasteiger charge is 2.35. The Morgan fingerprint density at radius 3 is 1.69 bits per heavy atom. The van der Waals surface area contributed by atoms with Crippen LogP contribution in [0.4, 0.5) is 17.1 Å². The van der Waals surface area contributed by atoms with E-state index in [1.54, 1.807) is 0 Å². The molecule has 0 N–H and O–H groups in total. The molecule has 0 heterocycles. The van der Waals surface area contributed by atoms with Gasteiger partial charge in [0.15, 0.2) is 0 Å². The van der Waals surface area contributed by atoms with Crippen LogP contribution in [0.5, 0.6) is 0 Å². The van der Waals surface area contributed by atoms with Gasteiger partial charge in [0.2, 0.25) is 0 Å². The highest BCUT2D eigenvalue weighted by Crippen LogP contribution is 2.49. The molecule has 9 aromatic carbocycles. The van der Waals surface area contributed by atoms with Gasteiger partial charge in [-0.05, 0) is 126 Å². The first-order valence-electron chi connectivity index (χ1n) is 18.8. The molecule has 0 saturated heterocycles. The molecule has 1 aliphatic carbocycles. The molecule has 0 saturated carbocycles. The number of nitrogens with zero attached hydrogens (tertiary/aromatic N) is 1. The minimum absolute atomic E-state index is 0.0348. The lowest BCUT2D eigenvalue weighted by Gasteiger charge is -2.26. The molecule has 0 spiro atoms. The second-order valence-electron chi connectivity index (χ2n) is 15.0. The summed E-state index contributed by atoms with van der Waals surface area (Å²) >= 11 is 0. The van der Waals surface area contributed by atoms with Crippen molar-refractivity contribution in [2.24, 2.45) is 0 Å². The van der Waals surface area contributed by atoms with Crippen LogP contribution in [0.2, 0.25) is 0 Å². The fourth-order valence-electron chi connectivity index (χ4n) is 8.59. The highest BCUT2D eigenvalue weighted by atomic mass is 15.1. The third kappa shape index (κ3) is 5.40. The van der Waals surface area contributed by atoms with Crippen LogP contribution in [-0.2, 0) is 5.41 Å². The normalized spacial score (nSPS) is 12.8. The molecule has 10 rings (SSSR count). The van der Waals surface area contributed by atoms with Crippen molar-refractivity contribution >= 4 is 38.6 Å². The second kappa shape index (κ2) is 12.8. The van der Waals surface area contributed by atoms with Gasteiger partial charge in [0.25, 0.3) is 0 Å². The van der Waals surface area contributed by atoms with Gasteiger partial charge < -0.3 is 4.90 Å². The first-order valence-corrected chi connectivity index (χ1v) is 18.8. The van der Waals surface area contributed by atoms with E-state index in [4.69, 9.17) is 0 Å². The monoisotopic (exact) mass is 689 g/mol. The molecule has 0 radical (unpaired) electrons. The predicted molar refractivity (Wildman–Crippen MR) is 230 cm³/mol. The summed E-state index contributed by atoms with van der Waals surface area (Å²) in [5, 5.41) is 5.02. The van der Waals surface area contributed by atoms with Gasteiger partial charge in [0.05, 0.1) is 0 Å².